The predicted octanol–water partition coefficient (Wildman–Crippen LogP) is 5.21. The quantitative estimate of drug-likeness (QED) is 0.818. The van der Waals surface area contributed by atoms with Crippen LogP contribution in [-0.2, 0) is 6.42 Å². The van der Waals surface area contributed by atoms with E-state index in [1.165, 1.54) is 11.1 Å². The summed E-state index contributed by atoms with van der Waals surface area (Å²) in [4.78, 5) is 0. The Morgan fingerprint density at radius 3 is 2.90 bits per heavy atom. The Kier molecular flexibility index (Phi) is 3.90. The normalized spacial score (nSPS) is 16.9. The minimum absolute atomic E-state index is 0.301. The molecule has 1 N–H and O–H groups in total. The molecule has 2 aromatic carbocycles. The highest BCUT2D eigenvalue weighted by atomic mass is 79.9. The Morgan fingerprint density at radius 1 is 1.25 bits per heavy atom. The summed E-state index contributed by atoms with van der Waals surface area (Å²) in [5.74, 6) is 0.905. The lowest BCUT2D eigenvalue weighted by molar-refractivity contribution is 0.414. The first kappa shape index (κ1) is 13.8. The summed E-state index contributed by atoms with van der Waals surface area (Å²) in [6.45, 7) is 0. The molecule has 104 valence electrons. The zero-order valence-electron chi connectivity index (χ0n) is 11.1. The lowest BCUT2D eigenvalue weighted by Crippen LogP contribution is -2.07. The molecule has 3 rings (SSSR count). The van der Waals surface area contributed by atoms with Gasteiger partial charge in [0.05, 0.1) is 18.8 Å². The van der Waals surface area contributed by atoms with Crippen molar-refractivity contribution in [1.29, 1.82) is 0 Å². The summed E-state index contributed by atoms with van der Waals surface area (Å²) in [5.41, 5.74) is 3.73. The lowest BCUT2D eigenvalue weighted by atomic mass is 10.1. The summed E-state index contributed by atoms with van der Waals surface area (Å²) in [6.07, 6.45) is 2.18. The monoisotopic (exact) mass is 351 g/mol. The maximum absolute atomic E-state index is 6.07. The SMILES string of the molecule is COc1ccc2c(c1)C(Nc1cc(Cl)ccc1Br)CC2. The summed E-state index contributed by atoms with van der Waals surface area (Å²) in [7, 11) is 1.70. The molecule has 0 radical (unpaired) electrons. The topological polar surface area (TPSA) is 21.3 Å². The van der Waals surface area contributed by atoms with Crippen molar-refractivity contribution in [2.45, 2.75) is 18.9 Å². The van der Waals surface area contributed by atoms with Gasteiger partial charge in [0.15, 0.2) is 0 Å². The number of fused-ring (bicyclic) bond motifs is 1. The lowest BCUT2D eigenvalue weighted by Gasteiger charge is -2.17. The average molecular weight is 353 g/mol. The van der Waals surface area contributed by atoms with Crippen molar-refractivity contribution in [1.82, 2.24) is 0 Å². The van der Waals surface area contributed by atoms with Crippen molar-refractivity contribution in [3.8, 4) is 5.75 Å². The number of nitrogens with one attached hydrogen (secondary N) is 1. The number of hydrogen-bond donors (Lipinski definition) is 1. The standard InChI is InChI=1S/C16H15BrClNO/c1-20-12-5-2-10-3-7-15(13(10)9-12)19-16-8-11(18)4-6-14(16)17/h2,4-6,8-9,15,19H,3,7H2,1H3. The molecule has 1 atom stereocenters. The van der Waals surface area contributed by atoms with E-state index in [1.807, 2.05) is 24.3 Å². The second kappa shape index (κ2) is 5.66. The number of aryl methyl sites for hydroxylation is 1. The molecule has 2 nitrogen and oxygen atoms in total. The third-order valence-corrected chi connectivity index (χ3v) is 4.62. The van der Waals surface area contributed by atoms with Gasteiger partial charge in [-0.1, -0.05) is 17.7 Å². The molecule has 1 aliphatic carbocycles. The molecule has 0 amide bonds. The molecule has 0 heterocycles. The van der Waals surface area contributed by atoms with Crippen molar-refractivity contribution < 1.29 is 4.74 Å². The van der Waals surface area contributed by atoms with Gasteiger partial charge >= 0.3 is 0 Å². The fraction of sp³-hybridized carbons (Fsp3) is 0.250. The second-order valence-corrected chi connectivity index (χ2v) is 6.22. The molecular weight excluding hydrogens is 338 g/mol. The van der Waals surface area contributed by atoms with Gasteiger partial charge in [-0.3, -0.25) is 0 Å². The van der Waals surface area contributed by atoms with Crippen LogP contribution in [0, 0.1) is 0 Å². The van der Waals surface area contributed by atoms with Crippen LogP contribution in [0.5, 0.6) is 5.75 Å². The molecule has 0 aromatic heterocycles. The highest BCUT2D eigenvalue weighted by Gasteiger charge is 2.23. The maximum Gasteiger partial charge on any atom is 0.119 e. The second-order valence-electron chi connectivity index (χ2n) is 4.92. The van der Waals surface area contributed by atoms with Gasteiger partial charge in [0.1, 0.15) is 5.75 Å². The highest BCUT2D eigenvalue weighted by Crippen LogP contribution is 2.38. The van der Waals surface area contributed by atoms with Gasteiger partial charge in [-0.15, -0.1) is 0 Å². The molecule has 4 heteroatoms. The van der Waals surface area contributed by atoms with Crippen LogP contribution in [0.2, 0.25) is 5.02 Å². The molecule has 0 aliphatic heterocycles. The van der Waals surface area contributed by atoms with Crippen LogP contribution in [0.15, 0.2) is 40.9 Å². The summed E-state index contributed by atoms with van der Waals surface area (Å²) >= 11 is 9.63. The molecule has 0 fully saturated rings. The van der Waals surface area contributed by atoms with Crippen LogP contribution in [0.4, 0.5) is 5.69 Å². The number of rotatable bonds is 3. The zero-order valence-corrected chi connectivity index (χ0v) is 13.5. The molecular formula is C16H15BrClNO. The molecule has 20 heavy (non-hydrogen) atoms. The van der Waals surface area contributed by atoms with E-state index in [0.29, 0.717) is 6.04 Å². The van der Waals surface area contributed by atoms with E-state index in [0.717, 1.165) is 33.8 Å². The fourth-order valence-electron chi connectivity index (χ4n) is 2.65. The molecule has 0 spiro atoms. The van der Waals surface area contributed by atoms with Gasteiger partial charge < -0.3 is 10.1 Å². The first-order valence-electron chi connectivity index (χ1n) is 6.56. The molecule has 1 unspecified atom stereocenters. The minimum Gasteiger partial charge on any atom is -0.497 e. The molecule has 1 aliphatic rings. The van der Waals surface area contributed by atoms with Crippen LogP contribution >= 0.6 is 27.5 Å². The predicted molar refractivity (Wildman–Crippen MR) is 86.8 cm³/mol. The van der Waals surface area contributed by atoms with Crippen LogP contribution in [-0.4, -0.2) is 7.11 Å². The van der Waals surface area contributed by atoms with Gasteiger partial charge in [0, 0.05) is 9.50 Å². The summed E-state index contributed by atoms with van der Waals surface area (Å²) in [6, 6.07) is 12.4. The van der Waals surface area contributed by atoms with Crippen molar-refractivity contribution in [2.75, 3.05) is 12.4 Å². The first-order valence-corrected chi connectivity index (χ1v) is 7.73. The van der Waals surface area contributed by atoms with Gasteiger partial charge in [0.2, 0.25) is 0 Å². The van der Waals surface area contributed by atoms with Crippen LogP contribution in [0.25, 0.3) is 0 Å². The highest BCUT2D eigenvalue weighted by molar-refractivity contribution is 9.10. The van der Waals surface area contributed by atoms with Gasteiger partial charge in [-0.2, -0.15) is 0 Å². The largest absolute Gasteiger partial charge is 0.497 e. The van der Waals surface area contributed by atoms with Crippen LogP contribution in [0.3, 0.4) is 0 Å². The van der Waals surface area contributed by atoms with E-state index in [1.54, 1.807) is 7.11 Å². The van der Waals surface area contributed by atoms with Gasteiger partial charge in [-0.05, 0) is 70.2 Å². The third-order valence-electron chi connectivity index (χ3n) is 3.69. The number of methoxy groups -OCH3 is 1. The fourth-order valence-corrected chi connectivity index (χ4v) is 3.19. The van der Waals surface area contributed by atoms with Crippen molar-refractivity contribution in [3.63, 3.8) is 0 Å². The van der Waals surface area contributed by atoms with Crippen LogP contribution in [0.1, 0.15) is 23.6 Å². The third kappa shape index (κ3) is 2.65. The van der Waals surface area contributed by atoms with Gasteiger partial charge in [0.25, 0.3) is 0 Å². The Labute approximate surface area is 132 Å². The van der Waals surface area contributed by atoms with E-state index in [9.17, 15) is 0 Å². The molecule has 0 bridgehead atoms. The van der Waals surface area contributed by atoms with E-state index in [2.05, 4.69) is 33.4 Å². The number of hydrogen-bond acceptors (Lipinski definition) is 2. The Morgan fingerprint density at radius 2 is 2.10 bits per heavy atom. The Bertz CT molecular complexity index is 644. The number of halogens is 2. The van der Waals surface area contributed by atoms with Crippen molar-refractivity contribution >= 4 is 33.2 Å². The van der Waals surface area contributed by atoms with Crippen LogP contribution < -0.4 is 10.1 Å². The number of anilines is 1. The van der Waals surface area contributed by atoms with Gasteiger partial charge in [-0.25, -0.2) is 0 Å². The summed E-state index contributed by atoms with van der Waals surface area (Å²) in [5, 5.41) is 4.31. The average Bonchev–Trinajstić information content (AvgIpc) is 2.85. The van der Waals surface area contributed by atoms with Crippen molar-refractivity contribution in [2.24, 2.45) is 0 Å². The minimum atomic E-state index is 0.301. The van der Waals surface area contributed by atoms with E-state index < -0.39 is 0 Å². The maximum atomic E-state index is 6.07. The summed E-state index contributed by atoms with van der Waals surface area (Å²) < 4.78 is 6.35. The van der Waals surface area contributed by atoms with E-state index >= 15 is 0 Å². The number of benzene rings is 2. The Balaban J connectivity index is 1.89. The molecule has 0 saturated heterocycles. The molecule has 2 aromatic rings. The zero-order chi connectivity index (χ0) is 14.1. The van der Waals surface area contributed by atoms with E-state index in [4.69, 9.17) is 16.3 Å². The van der Waals surface area contributed by atoms with E-state index in [-0.39, 0.29) is 0 Å². The smallest absolute Gasteiger partial charge is 0.119 e. The molecule has 0 saturated carbocycles. The Hall–Kier alpha value is -1.19. The first-order chi connectivity index (χ1) is 9.67. The number of ether oxygens (including phenoxy) is 1. The van der Waals surface area contributed by atoms with Crippen molar-refractivity contribution in [3.05, 3.63) is 57.0 Å².